The number of aryl methyl sites for hydroxylation is 1. The van der Waals surface area contributed by atoms with Gasteiger partial charge in [-0.25, -0.2) is 13.4 Å². The van der Waals surface area contributed by atoms with Crippen LogP contribution in [0.3, 0.4) is 0 Å². The van der Waals surface area contributed by atoms with Crippen molar-refractivity contribution in [1.29, 1.82) is 0 Å². The van der Waals surface area contributed by atoms with E-state index in [9.17, 15) is 8.42 Å². The quantitative estimate of drug-likeness (QED) is 0.781. The summed E-state index contributed by atoms with van der Waals surface area (Å²) in [5, 5.41) is 3.93. The molecule has 0 radical (unpaired) electrons. The van der Waals surface area contributed by atoms with E-state index in [0.717, 1.165) is 11.3 Å². The van der Waals surface area contributed by atoms with Crippen LogP contribution in [-0.2, 0) is 17.1 Å². The monoisotopic (exact) mass is 354 g/mol. The molecular formula is C13H11ClN4O2S2. The summed E-state index contributed by atoms with van der Waals surface area (Å²) in [6, 6.07) is 9.05. The second-order valence-corrected chi connectivity index (χ2v) is 7.94. The maximum Gasteiger partial charge on any atom is 0.273 e. The van der Waals surface area contributed by atoms with Gasteiger partial charge in [0.15, 0.2) is 8.68 Å². The van der Waals surface area contributed by atoms with Gasteiger partial charge >= 0.3 is 0 Å². The first-order chi connectivity index (χ1) is 10.5. The number of sulfonamides is 1. The fraction of sp³-hybridized carbons (Fsp3) is 0.0769. The van der Waals surface area contributed by atoms with Crippen molar-refractivity contribution in [1.82, 2.24) is 14.8 Å². The number of benzene rings is 1. The molecule has 0 saturated carbocycles. The maximum atomic E-state index is 12.6. The number of hydrogen-bond acceptors (Lipinski definition) is 5. The summed E-state index contributed by atoms with van der Waals surface area (Å²) >= 11 is 6.85. The van der Waals surface area contributed by atoms with Gasteiger partial charge in [-0.2, -0.15) is 5.10 Å². The van der Waals surface area contributed by atoms with Crippen LogP contribution in [0.15, 0.2) is 46.9 Å². The predicted octanol–water partition coefficient (Wildman–Crippen LogP) is 3.00. The zero-order valence-corrected chi connectivity index (χ0v) is 13.8. The molecule has 3 aromatic rings. The average molecular weight is 355 g/mol. The van der Waals surface area contributed by atoms with E-state index >= 15 is 0 Å². The number of thiazole rings is 1. The summed E-state index contributed by atoms with van der Waals surface area (Å²) < 4.78 is 29.4. The highest BCUT2D eigenvalue weighted by Gasteiger charge is 2.25. The zero-order valence-electron chi connectivity index (χ0n) is 11.4. The minimum Gasteiger partial charge on any atom is -0.276 e. The molecular weight excluding hydrogens is 344 g/mol. The van der Waals surface area contributed by atoms with Crippen molar-refractivity contribution >= 4 is 38.6 Å². The largest absolute Gasteiger partial charge is 0.276 e. The first-order valence-corrected chi connectivity index (χ1v) is 8.87. The molecule has 0 aliphatic heterocycles. The van der Waals surface area contributed by atoms with Gasteiger partial charge in [-0.3, -0.25) is 9.40 Å². The number of nitrogens with zero attached hydrogens (tertiary/aromatic N) is 3. The molecule has 0 fully saturated rings. The maximum absolute atomic E-state index is 12.6. The lowest BCUT2D eigenvalue weighted by Crippen LogP contribution is -2.12. The Bertz CT molecular complexity index is 903. The zero-order chi connectivity index (χ0) is 15.7. The van der Waals surface area contributed by atoms with E-state index in [-0.39, 0.29) is 8.68 Å². The fourth-order valence-electron chi connectivity index (χ4n) is 1.92. The molecule has 3 rings (SSSR count). The van der Waals surface area contributed by atoms with E-state index in [2.05, 4.69) is 14.8 Å². The van der Waals surface area contributed by atoms with Crippen LogP contribution >= 0.6 is 22.9 Å². The standard InChI is InChI=1S/C13H11ClN4O2S2/c1-18-8-10(7-15-18)17-22(19,20)12-11(16-13(14)21-12)9-5-3-2-4-6-9/h2-8,17H,1H3. The summed E-state index contributed by atoms with van der Waals surface area (Å²) in [5.41, 5.74) is 1.41. The second-order valence-electron chi connectivity index (χ2n) is 4.48. The first-order valence-electron chi connectivity index (χ1n) is 6.19. The molecule has 0 amide bonds. The van der Waals surface area contributed by atoms with Crippen molar-refractivity contribution in [2.45, 2.75) is 4.21 Å². The summed E-state index contributed by atoms with van der Waals surface area (Å²) in [4.78, 5) is 4.14. The number of hydrogen-bond donors (Lipinski definition) is 1. The molecule has 2 aromatic heterocycles. The normalized spacial score (nSPS) is 11.5. The van der Waals surface area contributed by atoms with Crippen LogP contribution < -0.4 is 4.72 Å². The molecule has 0 bridgehead atoms. The van der Waals surface area contributed by atoms with Crippen molar-refractivity contribution in [3.63, 3.8) is 0 Å². The van der Waals surface area contributed by atoms with Crippen LogP contribution in [0, 0.1) is 0 Å². The van der Waals surface area contributed by atoms with Crippen LogP contribution in [-0.4, -0.2) is 23.2 Å². The van der Waals surface area contributed by atoms with Gasteiger partial charge < -0.3 is 0 Å². The van der Waals surface area contributed by atoms with Gasteiger partial charge in [-0.15, -0.1) is 0 Å². The van der Waals surface area contributed by atoms with Gasteiger partial charge in [-0.05, 0) is 0 Å². The van der Waals surface area contributed by atoms with Crippen LogP contribution in [0.1, 0.15) is 0 Å². The van der Waals surface area contributed by atoms with Crippen LogP contribution in [0.4, 0.5) is 5.69 Å². The van der Waals surface area contributed by atoms with Crippen molar-refractivity contribution in [2.75, 3.05) is 4.72 Å². The smallest absolute Gasteiger partial charge is 0.273 e. The SMILES string of the molecule is Cn1cc(NS(=O)(=O)c2sc(Cl)nc2-c2ccccc2)cn1. The molecule has 2 heterocycles. The number of aromatic nitrogens is 3. The summed E-state index contributed by atoms with van der Waals surface area (Å²) in [5.74, 6) is 0. The molecule has 6 nitrogen and oxygen atoms in total. The van der Waals surface area contributed by atoms with Crippen molar-refractivity contribution in [2.24, 2.45) is 7.05 Å². The third-order valence-corrected chi connectivity index (χ3v) is 5.87. The van der Waals surface area contributed by atoms with Crippen LogP contribution in [0.25, 0.3) is 11.3 Å². The predicted molar refractivity (Wildman–Crippen MR) is 86.6 cm³/mol. The van der Waals surface area contributed by atoms with E-state index in [4.69, 9.17) is 11.6 Å². The Kier molecular flexibility index (Phi) is 3.90. The molecule has 22 heavy (non-hydrogen) atoms. The Balaban J connectivity index is 2.04. The van der Waals surface area contributed by atoms with Gasteiger partial charge in [0.1, 0.15) is 5.69 Å². The molecule has 0 aliphatic rings. The Labute approximate surface area is 136 Å². The minimum absolute atomic E-state index is 0.0764. The Morgan fingerprint density at radius 3 is 2.64 bits per heavy atom. The molecule has 1 aromatic carbocycles. The number of nitrogens with one attached hydrogen (secondary N) is 1. The third-order valence-electron chi connectivity index (χ3n) is 2.82. The summed E-state index contributed by atoms with van der Waals surface area (Å²) in [6.45, 7) is 0. The number of anilines is 1. The topological polar surface area (TPSA) is 76.9 Å². The summed E-state index contributed by atoms with van der Waals surface area (Å²) in [6.07, 6.45) is 3.00. The van der Waals surface area contributed by atoms with Gasteiger partial charge in [0, 0.05) is 18.8 Å². The van der Waals surface area contributed by atoms with Gasteiger partial charge in [0.05, 0.1) is 11.9 Å². The molecule has 0 atom stereocenters. The van der Waals surface area contributed by atoms with E-state index in [1.165, 1.54) is 10.9 Å². The molecule has 114 valence electrons. The lowest BCUT2D eigenvalue weighted by atomic mass is 10.2. The molecule has 1 N–H and O–H groups in total. The van der Waals surface area contributed by atoms with E-state index in [0.29, 0.717) is 16.9 Å². The van der Waals surface area contributed by atoms with Crippen LogP contribution in [0.2, 0.25) is 4.47 Å². The Hall–Kier alpha value is -1.90. The highest BCUT2D eigenvalue weighted by atomic mass is 35.5. The van der Waals surface area contributed by atoms with E-state index in [1.807, 2.05) is 18.2 Å². The van der Waals surface area contributed by atoms with E-state index < -0.39 is 10.0 Å². The highest BCUT2D eigenvalue weighted by Crippen LogP contribution is 2.35. The highest BCUT2D eigenvalue weighted by molar-refractivity contribution is 7.94. The second kappa shape index (κ2) is 5.71. The average Bonchev–Trinajstić information content (AvgIpc) is 3.06. The van der Waals surface area contributed by atoms with Gasteiger partial charge in [0.25, 0.3) is 10.0 Å². The van der Waals surface area contributed by atoms with Crippen molar-refractivity contribution < 1.29 is 8.42 Å². The Morgan fingerprint density at radius 2 is 2.00 bits per heavy atom. The molecule has 0 saturated heterocycles. The minimum atomic E-state index is -3.79. The molecule has 0 aliphatic carbocycles. The van der Waals surface area contributed by atoms with Gasteiger partial charge in [0.2, 0.25) is 0 Å². The molecule has 0 unspecified atom stereocenters. The first kappa shape index (κ1) is 15.0. The fourth-order valence-corrected chi connectivity index (χ4v) is 4.65. The molecule has 9 heteroatoms. The summed E-state index contributed by atoms with van der Waals surface area (Å²) in [7, 11) is -2.08. The van der Waals surface area contributed by atoms with Crippen molar-refractivity contribution in [3.8, 4) is 11.3 Å². The third kappa shape index (κ3) is 2.99. The van der Waals surface area contributed by atoms with Gasteiger partial charge in [-0.1, -0.05) is 53.3 Å². The van der Waals surface area contributed by atoms with E-state index in [1.54, 1.807) is 25.4 Å². The lowest BCUT2D eigenvalue weighted by molar-refractivity contribution is 0.603. The van der Waals surface area contributed by atoms with Crippen LogP contribution in [0.5, 0.6) is 0 Å². The molecule has 0 spiro atoms. The van der Waals surface area contributed by atoms with Crippen molar-refractivity contribution in [3.05, 3.63) is 47.2 Å². The number of halogens is 1. The lowest BCUT2D eigenvalue weighted by Gasteiger charge is -2.05. The Morgan fingerprint density at radius 1 is 1.27 bits per heavy atom. The number of rotatable bonds is 4.